The summed E-state index contributed by atoms with van der Waals surface area (Å²) in [5.74, 6) is 0.618. The number of hydrogen-bond acceptors (Lipinski definition) is 5. The SMILES string of the molecule is CCN(c1ccccc1)S(=O)(=O)c1ccc(OC)c(NC(=O)c2ccc(OC(C)C)cc2)c1. The molecule has 0 aliphatic heterocycles. The zero-order chi connectivity index (χ0) is 24.0. The Labute approximate surface area is 195 Å². The first-order valence-electron chi connectivity index (χ1n) is 10.6. The molecule has 0 unspecified atom stereocenters. The highest BCUT2D eigenvalue weighted by Crippen LogP contribution is 2.31. The Hall–Kier alpha value is -3.52. The summed E-state index contributed by atoms with van der Waals surface area (Å²) in [6.07, 6.45) is 0.0252. The highest BCUT2D eigenvalue weighted by Gasteiger charge is 2.25. The molecule has 0 bridgehead atoms. The van der Waals surface area contributed by atoms with E-state index in [1.165, 1.54) is 29.6 Å². The van der Waals surface area contributed by atoms with Crippen molar-refractivity contribution in [3.05, 3.63) is 78.4 Å². The first kappa shape index (κ1) is 24.1. The molecule has 0 radical (unpaired) electrons. The van der Waals surface area contributed by atoms with Crippen molar-refractivity contribution in [1.82, 2.24) is 0 Å². The normalized spacial score (nSPS) is 11.2. The van der Waals surface area contributed by atoms with Crippen molar-refractivity contribution < 1.29 is 22.7 Å². The van der Waals surface area contributed by atoms with Crippen LogP contribution < -0.4 is 19.1 Å². The number of rotatable bonds is 9. The second-order valence-corrected chi connectivity index (χ2v) is 9.37. The summed E-state index contributed by atoms with van der Waals surface area (Å²) in [6, 6.07) is 20.0. The molecule has 33 heavy (non-hydrogen) atoms. The van der Waals surface area contributed by atoms with E-state index in [0.717, 1.165) is 0 Å². The fourth-order valence-corrected chi connectivity index (χ4v) is 4.81. The average molecular weight is 469 g/mol. The summed E-state index contributed by atoms with van der Waals surface area (Å²) in [4.78, 5) is 12.9. The van der Waals surface area contributed by atoms with Gasteiger partial charge in [0.05, 0.1) is 29.5 Å². The summed E-state index contributed by atoms with van der Waals surface area (Å²) in [7, 11) is -2.40. The second kappa shape index (κ2) is 10.4. The molecule has 3 rings (SSSR count). The molecule has 0 atom stereocenters. The number of methoxy groups -OCH3 is 1. The maximum absolute atomic E-state index is 13.4. The molecule has 0 spiro atoms. The van der Waals surface area contributed by atoms with Crippen LogP contribution in [0.4, 0.5) is 11.4 Å². The van der Waals surface area contributed by atoms with Gasteiger partial charge in [0.1, 0.15) is 11.5 Å². The quantitative estimate of drug-likeness (QED) is 0.480. The van der Waals surface area contributed by atoms with E-state index in [-0.39, 0.29) is 23.2 Å². The molecule has 3 aromatic carbocycles. The first-order chi connectivity index (χ1) is 15.8. The van der Waals surface area contributed by atoms with Crippen LogP contribution in [0.1, 0.15) is 31.1 Å². The predicted molar refractivity (Wildman–Crippen MR) is 130 cm³/mol. The minimum absolute atomic E-state index is 0.0252. The van der Waals surface area contributed by atoms with Crippen LogP contribution in [0.2, 0.25) is 0 Å². The highest BCUT2D eigenvalue weighted by molar-refractivity contribution is 7.92. The zero-order valence-electron chi connectivity index (χ0n) is 19.1. The monoisotopic (exact) mass is 468 g/mol. The number of benzene rings is 3. The van der Waals surface area contributed by atoms with Gasteiger partial charge in [-0.05, 0) is 75.4 Å². The van der Waals surface area contributed by atoms with Crippen molar-refractivity contribution in [3.8, 4) is 11.5 Å². The van der Waals surface area contributed by atoms with Gasteiger partial charge in [-0.15, -0.1) is 0 Å². The molecule has 174 valence electrons. The van der Waals surface area contributed by atoms with E-state index in [4.69, 9.17) is 9.47 Å². The molecule has 0 saturated carbocycles. The Morgan fingerprint density at radius 2 is 1.67 bits per heavy atom. The van der Waals surface area contributed by atoms with Gasteiger partial charge in [-0.25, -0.2) is 8.42 Å². The summed E-state index contributed by atoms with van der Waals surface area (Å²) in [5.41, 5.74) is 1.22. The van der Waals surface area contributed by atoms with Crippen LogP contribution in [0, 0.1) is 0 Å². The number of anilines is 2. The van der Waals surface area contributed by atoms with Crippen LogP contribution in [0.25, 0.3) is 0 Å². The summed E-state index contributed by atoms with van der Waals surface area (Å²) in [6.45, 7) is 5.87. The Morgan fingerprint density at radius 3 is 2.24 bits per heavy atom. The van der Waals surface area contributed by atoms with Gasteiger partial charge >= 0.3 is 0 Å². The first-order valence-corrected chi connectivity index (χ1v) is 12.0. The van der Waals surface area contributed by atoms with Crippen molar-refractivity contribution in [2.75, 3.05) is 23.3 Å². The molecular weight excluding hydrogens is 440 g/mol. The lowest BCUT2D eigenvalue weighted by Gasteiger charge is -2.23. The third kappa shape index (κ3) is 5.64. The standard InChI is InChI=1S/C25H28N2O5S/c1-5-27(20-9-7-6-8-10-20)33(29,30)22-15-16-24(31-4)23(17-22)26-25(28)19-11-13-21(14-12-19)32-18(2)3/h6-18H,5H2,1-4H3,(H,26,28). The number of carbonyl (C=O) groups is 1. The van der Waals surface area contributed by atoms with Gasteiger partial charge in [-0.3, -0.25) is 9.10 Å². The number of nitrogens with zero attached hydrogens (tertiary/aromatic N) is 1. The fraction of sp³-hybridized carbons (Fsp3) is 0.240. The Balaban J connectivity index is 1.90. The van der Waals surface area contributed by atoms with Gasteiger partial charge in [-0.2, -0.15) is 0 Å². The smallest absolute Gasteiger partial charge is 0.264 e. The van der Waals surface area contributed by atoms with Gasteiger partial charge < -0.3 is 14.8 Å². The Kier molecular flexibility index (Phi) is 7.60. The predicted octanol–water partition coefficient (Wildman–Crippen LogP) is 4.95. The Morgan fingerprint density at radius 1 is 1.00 bits per heavy atom. The maximum Gasteiger partial charge on any atom is 0.264 e. The number of hydrogen-bond donors (Lipinski definition) is 1. The largest absolute Gasteiger partial charge is 0.495 e. The third-order valence-corrected chi connectivity index (χ3v) is 6.73. The van der Waals surface area contributed by atoms with Crippen LogP contribution in [-0.4, -0.2) is 34.1 Å². The molecule has 1 N–H and O–H groups in total. The lowest BCUT2D eigenvalue weighted by molar-refractivity contribution is 0.102. The van der Waals surface area contributed by atoms with Crippen molar-refractivity contribution in [2.24, 2.45) is 0 Å². The topological polar surface area (TPSA) is 84.9 Å². The minimum atomic E-state index is -3.86. The molecule has 0 aromatic heterocycles. The fourth-order valence-electron chi connectivity index (χ4n) is 3.31. The van der Waals surface area contributed by atoms with Crippen molar-refractivity contribution in [2.45, 2.75) is 31.8 Å². The van der Waals surface area contributed by atoms with E-state index < -0.39 is 15.9 Å². The van der Waals surface area contributed by atoms with E-state index in [1.54, 1.807) is 55.5 Å². The molecule has 0 heterocycles. The minimum Gasteiger partial charge on any atom is -0.495 e. The van der Waals surface area contributed by atoms with E-state index in [0.29, 0.717) is 22.7 Å². The van der Waals surface area contributed by atoms with E-state index in [1.807, 2.05) is 19.9 Å². The zero-order valence-corrected chi connectivity index (χ0v) is 19.9. The highest BCUT2D eigenvalue weighted by atomic mass is 32.2. The molecule has 0 aliphatic carbocycles. The molecule has 0 saturated heterocycles. The maximum atomic E-state index is 13.4. The van der Waals surface area contributed by atoms with Crippen LogP contribution in [0.3, 0.4) is 0 Å². The van der Waals surface area contributed by atoms with Gasteiger partial charge in [-0.1, -0.05) is 18.2 Å². The summed E-state index contributed by atoms with van der Waals surface area (Å²) < 4.78 is 39.0. The summed E-state index contributed by atoms with van der Waals surface area (Å²) >= 11 is 0. The molecule has 8 heteroatoms. The number of para-hydroxylation sites is 1. The van der Waals surface area contributed by atoms with Crippen molar-refractivity contribution >= 4 is 27.3 Å². The molecule has 0 aliphatic rings. The van der Waals surface area contributed by atoms with Gasteiger partial charge in [0.2, 0.25) is 0 Å². The van der Waals surface area contributed by atoms with Crippen molar-refractivity contribution in [1.29, 1.82) is 0 Å². The van der Waals surface area contributed by atoms with Gasteiger partial charge in [0, 0.05) is 12.1 Å². The molecule has 0 fully saturated rings. The second-order valence-electron chi connectivity index (χ2n) is 7.51. The average Bonchev–Trinajstić information content (AvgIpc) is 2.80. The van der Waals surface area contributed by atoms with Crippen LogP contribution in [-0.2, 0) is 10.0 Å². The van der Waals surface area contributed by atoms with Gasteiger partial charge in [0.25, 0.3) is 15.9 Å². The number of carbonyl (C=O) groups excluding carboxylic acids is 1. The molecule has 3 aromatic rings. The summed E-state index contributed by atoms with van der Waals surface area (Å²) in [5, 5.41) is 2.76. The van der Waals surface area contributed by atoms with E-state index in [2.05, 4.69) is 5.32 Å². The molecular formula is C25H28N2O5S. The number of ether oxygens (including phenoxy) is 2. The number of amides is 1. The lowest BCUT2D eigenvalue weighted by Crippen LogP contribution is -2.30. The molecule has 1 amide bonds. The van der Waals surface area contributed by atoms with E-state index in [9.17, 15) is 13.2 Å². The number of nitrogens with one attached hydrogen (secondary N) is 1. The van der Waals surface area contributed by atoms with Gasteiger partial charge in [0.15, 0.2) is 0 Å². The van der Waals surface area contributed by atoms with E-state index >= 15 is 0 Å². The van der Waals surface area contributed by atoms with Crippen molar-refractivity contribution in [3.63, 3.8) is 0 Å². The van der Waals surface area contributed by atoms with Crippen LogP contribution in [0.15, 0.2) is 77.7 Å². The third-order valence-electron chi connectivity index (χ3n) is 4.83. The Bertz CT molecular complexity index is 1190. The van der Waals surface area contributed by atoms with Crippen LogP contribution in [0.5, 0.6) is 11.5 Å². The lowest BCUT2D eigenvalue weighted by atomic mass is 10.2. The van der Waals surface area contributed by atoms with Crippen LogP contribution >= 0.6 is 0 Å². The molecule has 7 nitrogen and oxygen atoms in total. The number of sulfonamides is 1.